The van der Waals surface area contributed by atoms with Crippen molar-refractivity contribution in [2.75, 3.05) is 0 Å². The van der Waals surface area contributed by atoms with Crippen LogP contribution in [0.25, 0.3) is 16.5 Å². The summed E-state index contributed by atoms with van der Waals surface area (Å²) in [6, 6.07) is 19.0. The van der Waals surface area contributed by atoms with Crippen molar-refractivity contribution in [3.8, 4) is 5.69 Å². The van der Waals surface area contributed by atoms with Gasteiger partial charge in [-0.15, -0.1) is 41.1 Å². The molecule has 0 spiro atoms. The van der Waals surface area contributed by atoms with Crippen molar-refractivity contribution in [3.63, 3.8) is 0 Å². The Bertz CT molecular complexity index is 782. The smallest absolute Gasteiger partial charge is 1.00 e. The molecule has 0 aliphatic carbocycles. The van der Waals surface area contributed by atoms with Crippen LogP contribution in [0.15, 0.2) is 73.3 Å². The average Bonchev–Trinajstić information content (AvgIpc) is 3.21. The molecule has 1 aromatic heterocycles. The van der Waals surface area contributed by atoms with E-state index in [9.17, 15) is 0 Å². The summed E-state index contributed by atoms with van der Waals surface area (Å²) in [6.45, 7) is 4.24. The molecule has 122 valence electrons. The van der Waals surface area contributed by atoms with Crippen molar-refractivity contribution >= 4 is 10.8 Å². The van der Waals surface area contributed by atoms with Crippen LogP contribution in [0, 0.1) is 13.8 Å². The number of rotatable bonds is 1. The molecular formula is C19H18Cl2N2Zr. The van der Waals surface area contributed by atoms with Gasteiger partial charge < -0.3 is 29.4 Å². The normalized spacial score (nSPS) is 9.08. The van der Waals surface area contributed by atoms with Crippen LogP contribution in [-0.4, -0.2) is 9.55 Å². The first kappa shape index (κ1) is 22.9. The molecular weight excluding hydrogens is 418 g/mol. The maximum atomic E-state index is 4.03. The largest absolute Gasteiger partial charge is 4.00 e. The monoisotopic (exact) mass is 434 g/mol. The molecule has 4 aromatic rings. The molecule has 0 saturated carbocycles. The minimum Gasteiger partial charge on any atom is -1.00 e. The first-order valence-corrected chi connectivity index (χ1v) is 7.07. The average molecular weight is 436 g/mol. The Morgan fingerprint density at radius 1 is 1.08 bits per heavy atom. The van der Waals surface area contributed by atoms with E-state index in [1.54, 1.807) is 6.20 Å². The van der Waals surface area contributed by atoms with Crippen LogP contribution in [0.2, 0.25) is 0 Å². The molecule has 0 atom stereocenters. The molecule has 0 bridgehead atoms. The minimum atomic E-state index is 0. The Balaban J connectivity index is 0.000000463. The van der Waals surface area contributed by atoms with Crippen LogP contribution in [-0.2, 0) is 26.2 Å². The van der Waals surface area contributed by atoms with Crippen LogP contribution < -0.4 is 24.8 Å². The molecule has 0 radical (unpaired) electrons. The molecule has 0 N–H and O–H groups in total. The molecule has 24 heavy (non-hydrogen) atoms. The summed E-state index contributed by atoms with van der Waals surface area (Å²) in [4.78, 5) is 4.03. The van der Waals surface area contributed by atoms with Gasteiger partial charge >= 0.3 is 26.2 Å². The Hall–Kier alpha value is -1.15. The van der Waals surface area contributed by atoms with Crippen molar-refractivity contribution in [1.29, 1.82) is 0 Å². The first-order valence-electron chi connectivity index (χ1n) is 7.07. The quantitative estimate of drug-likeness (QED) is 0.342. The number of imidazole rings is 1. The number of hydrogen-bond acceptors (Lipinski definition) is 1. The second-order valence-electron chi connectivity index (χ2n) is 5.20. The van der Waals surface area contributed by atoms with E-state index < -0.39 is 0 Å². The number of nitrogens with zero attached hydrogens (tertiary/aromatic N) is 2. The summed E-state index contributed by atoms with van der Waals surface area (Å²) in [5, 5.41) is 2.55. The van der Waals surface area contributed by atoms with Gasteiger partial charge in [0.05, 0.1) is 6.33 Å². The molecule has 4 rings (SSSR count). The van der Waals surface area contributed by atoms with Crippen molar-refractivity contribution in [1.82, 2.24) is 9.55 Å². The van der Waals surface area contributed by atoms with Gasteiger partial charge in [-0.3, -0.25) is 0 Å². The molecule has 0 fully saturated rings. The van der Waals surface area contributed by atoms with Crippen molar-refractivity contribution < 1.29 is 51.0 Å². The maximum Gasteiger partial charge on any atom is 4.00 e. The zero-order valence-corrected chi connectivity index (χ0v) is 17.5. The number of benzene rings is 1. The van der Waals surface area contributed by atoms with Gasteiger partial charge in [0, 0.05) is 12.4 Å². The van der Waals surface area contributed by atoms with Crippen molar-refractivity contribution in [2.45, 2.75) is 13.8 Å². The summed E-state index contributed by atoms with van der Waals surface area (Å²) in [5.41, 5.74) is 3.95. The maximum absolute atomic E-state index is 4.03. The van der Waals surface area contributed by atoms with E-state index in [4.69, 9.17) is 0 Å². The molecule has 2 nitrogen and oxygen atoms in total. The van der Waals surface area contributed by atoms with Crippen LogP contribution in [0.3, 0.4) is 0 Å². The van der Waals surface area contributed by atoms with Crippen LogP contribution in [0.4, 0.5) is 0 Å². The van der Waals surface area contributed by atoms with E-state index in [0.29, 0.717) is 0 Å². The van der Waals surface area contributed by atoms with Gasteiger partial charge in [-0.05, 0) is 5.69 Å². The van der Waals surface area contributed by atoms with E-state index in [1.807, 2.05) is 17.1 Å². The standard InChI is InChI=1S/C12H9N2.C7H9.2ClH.Zr/c1-2-4-11-8-12(7-10(11)3-1)14-6-5-13-9-14;1-6-4-3-5-7(6)2;;;/h1-9H;3-5H,1-2H3;2*1H;/q2*-1;;;+4/p-2. The molecule has 0 amide bonds. The fourth-order valence-electron chi connectivity index (χ4n) is 2.29. The first-order chi connectivity index (χ1) is 10.2. The third kappa shape index (κ3) is 5.44. The number of aryl methyl sites for hydroxylation is 2. The van der Waals surface area contributed by atoms with E-state index in [0.717, 1.165) is 0 Å². The van der Waals surface area contributed by atoms with E-state index in [1.165, 1.54) is 27.6 Å². The molecule has 0 unspecified atom stereocenters. The Kier molecular flexibility index (Phi) is 10.2. The minimum absolute atomic E-state index is 0. The van der Waals surface area contributed by atoms with Crippen molar-refractivity contribution in [2.24, 2.45) is 0 Å². The number of aromatic nitrogens is 2. The van der Waals surface area contributed by atoms with Crippen molar-refractivity contribution in [3.05, 3.63) is 84.4 Å². The van der Waals surface area contributed by atoms with Gasteiger partial charge in [-0.2, -0.15) is 17.2 Å². The Labute approximate surface area is 174 Å². The zero-order chi connectivity index (χ0) is 14.7. The number of hydrogen-bond donors (Lipinski definition) is 0. The molecule has 0 aliphatic rings. The predicted molar refractivity (Wildman–Crippen MR) is 88.2 cm³/mol. The summed E-state index contributed by atoms with van der Waals surface area (Å²) in [7, 11) is 0. The summed E-state index contributed by atoms with van der Waals surface area (Å²) in [6.07, 6.45) is 5.56. The second kappa shape index (κ2) is 10.7. The van der Waals surface area contributed by atoms with Gasteiger partial charge in [0.1, 0.15) is 0 Å². The third-order valence-electron chi connectivity index (χ3n) is 3.72. The molecule has 1 heterocycles. The van der Waals surface area contributed by atoms with Gasteiger partial charge in [-0.1, -0.05) is 19.9 Å². The van der Waals surface area contributed by atoms with E-state index in [2.05, 4.69) is 73.4 Å². The molecule has 0 aliphatic heterocycles. The summed E-state index contributed by atoms with van der Waals surface area (Å²) >= 11 is 0. The molecule has 0 saturated heterocycles. The second-order valence-corrected chi connectivity index (χ2v) is 5.20. The summed E-state index contributed by atoms with van der Waals surface area (Å²) in [5.74, 6) is 0. The number of fused-ring (bicyclic) bond motifs is 1. The van der Waals surface area contributed by atoms with Crippen LogP contribution >= 0.6 is 0 Å². The fourth-order valence-corrected chi connectivity index (χ4v) is 2.29. The topological polar surface area (TPSA) is 17.8 Å². The van der Waals surface area contributed by atoms with E-state index >= 15 is 0 Å². The fraction of sp³-hybridized carbons (Fsp3) is 0.105. The predicted octanol–water partition coefficient (Wildman–Crippen LogP) is -1.23. The Morgan fingerprint density at radius 3 is 2.33 bits per heavy atom. The zero-order valence-electron chi connectivity index (χ0n) is 13.6. The molecule has 3 aromatic carbocycles. The Morgan fingerprint density at radius 2 is 1.83 bits per heavy atom. The number of halogens is 2. The summed E-state index contributed by atoms with van der Waals surface area (Å²) < 4.78 is 2.01. The molecule has 5 heteroatoms. The van der Waals surface area contributed by atoms with Gasteiger partial charge in [0.25, 0.3) is 0 Å². The van der Waals surface area contributed by atoms with Gasteiger partial charge in [0.2, 0.25) is 0 Å². The van der Waals surface area contributed by atoms with Crippen LogP contribution in [0.5, 0.6) is 0 Å². The van der Waals surface area contributed by atoms with E-state index in [-0.39, 0.29) is 51.0 Å². The van der Waals surface area contributed by atoms with Crippen LogP contribution in [0.1, 0.15) is 11.1 Å². The van der Waals surface area contributed by atoms with Gasteiger partial charge in [0.15, 0.2) is 0 Å². The third-order valence-corrected chi connectivity index (χ3v) is 3.72. The SMILES string of the molecule is Cc1ccc[c-]1C.[Cl-].[Cl-].[Zr+4].c1ccc2[cH-]c(-n3ccnc3)cc2c1. The van der Waals surface area contributed by atoms with Gasteiger partial charge in [-0.25, -0.2) is 17.1 Å².